The lowest BCUT2D eigenvalue weighted by Gasteiger charge is -2.15. The third kappa shape index (κ3) is 1.73. The van der Waals surface area contributed by atoms with Crippen LogP contribution >= 0.6 is 11.6 Å². The van der Waals surface area contributed by atoms with Gasteiger partial charge < -0.3 is 9.47 Å². The van der Waals surface area contributed by atoms with Gasteiger partial charge in [0.15, 0.2) is 0 Å². The van der Waals surface area contributed by atoms with Crippen LogP contribution < -0.4 is 9.47 Å². The predicted molar refractivity (Wildman–Crippen MR) is 58.7 cm³/mol. The smallest absolute Gasteiger partial charge is 0.142 e. The summed E-state index contributed by atoms with van der Waals surface area (Å²) in [5.74, 6) is 1.05. The first-order valence-electron chi connectivity index (χ1n) is 4.39. The van der Waals surface area contributed by atoms with E-state index in [2.05, 4.69) is 6.07 Å². The summed E-state index contributed by atoms with van der Waals surface area (Å²) in [4.78, 5) is 0. The topological polar surface area (TPSA) is 42.2 Å². The highest BCUT2D eigenvalue weighted by Gasteiger charge is 2.19. The lowest BCUT2D eigenvalue weighted by Crippen LogP contribution is -1.99. The molecule has 1 aromatic carbocycles. The van der Waals surface area contributed by atoms with E-state index >= 15 is 0 Å². The van der Waals surface area contributed by atoms with Gasteiger partial charge in [0.2, 0.25) is 0 Å². The van der Waals surface area contributed by atoms with Crippen molar-refractivity contribution in [3.05, 3.63) is 21.7 Å². The third-order valence-corrected chi connectivity index (χ3v) is 2.79. The molecule has 0 unspecified atom stereocenters. The molecule has 0 aliphatic carbocycles. The summed E-state index contributed by atoms with van der Waals surface area (Å²) in [5.41, 5.74) is 1.89. The average molecular weight is 226 g/mol. The zero-order chi connectivity index (χ0) is 11.6. The van der Waals surface area contributed by atoms with Crippen molar-refractivity contribution in [2.45, 2.75) is 13.8 Å². The Bertz CT molecular complexity index is 435. The van der Waals surface area contributed by atoms with Crippen molar-refractivity contribution in [1.82, 2.24) is 0 Å². The zero-order valence-corrected chi connectivity index (χ0v) is 9.90. The summed E-state index contributed by atoms with van der Waals surface area (Å²) in [6.45, 7) is 3.58. The average Bonchev–Trinajstić information content (AvgIpc) is 2.23. The van der Waals surface area contributed by atoms with Gasteiger partial charge in [-0.25, -0.2) is 0 Å². The summed E-state index contributed by atoms with van der Waals surface area (Å²) in [7, 11) is 3.05. The molecule has 1 rings (SSSR count). The van der Waals surface area contributed by atoms with E-state index in [9.17, 15) is 0 Å². The molecule has 0 aromatic heterocycles. The number of hydrogen-bond acceptors (Lipinski definition) is 3. The molecule has 0 spiro atoms. The highest BCUT2D eigenvalue weighted by Crippen LogP contribution is 2.40. The standard InChI is InChI=1S/C11H12ClNO2/c1-6-8(5-13)10(14-3)7(2)9(12)11(6)15-4/h1-4H3. The van der Waals surface area contributed by atoms with Crippen LogP contribution in [0.2, 0.25) is 5.02 Å². The van der Waals surface area contributed by atoms with Crippen molar-refractivity contribution < 1.29 is 9.47 Å². The molecule has 0 bridgehead atoms. The van der Waals surface area contributed by atoms with E-state index in [-0.39, 0.29) is 0 Å². The third-order valence-electron chi connectivity index (χ3n) is 2.33. The second kappa shape index (κ2) is 4.41. The lowest BCUT2D eigenvalue weighted by molar-refractivity contribution is 0.397. The maximum Gasteiger partial charge on any atom is 0.142 e. The number of ether oxygens (including phenoxy) is 2. The molecule has 15 heavy (non-hydrogen) atoms. The van der Waals surface area contributed by atoms with Crippen molar-refractivity contribution in [3.8, 4) is 17.6 Å². The Kier molecular flexibility index (Phi) is 3.43. The van der Waals surface area contributed by atoms with Gasteiger partial charge in [-0.05, 0) is 13.8 Å². The molecule has 1 aromatic rings. The first-order valence-corrected chi connectivity index (χ1v) is 4.77. The van der Waals surface area contributed by atoms with Crippen LogP contribution in [0.3, 0.4) is 0 Å². The molecule has 4 heteroatoms. The number of benzene rings is 1. The van der Waals surface area contributed by atoms with Crippen LogP contribution in [0.1, 0.15) is 16.7 Å². The second-order valence-electron chi connectivity index (χ2n) is 3.12. The maximum atomic E-state index is 9.04. The highest BCUT2D eigenvalue weighted by atomic mass is 35.5. The van der Waals surface area contributed by atoms with Gasteiger partial charge in [0.1, 0.15) is 23.1 Å². The summed E-state index contributed by atoms with van der Waals surface area (Å²) in [6.07, 6.45) is 0. The number of nitriles is 1. The van der Waals surface area contributed by atoms with Gasteiger partial charge in [0.05, 0.1) is 19.2 Å². The Labute approximate surface area is 94.2 Å². The quantitative estimate of drug-likeness (QED) is 0.777. The summed E-state index contributed by atoms with van der Waals surface area (Å²) < 4.78 is 10.3. The van der Waals surface area contributed by atoms with Crippen molar-refractivity contribution in [2.75, 3.05) is 14.2 Å². The molecule has 3 nitrogen and oxygen atoms in total. The number of rotatable bonds is 2. The molecule has 0 amide bonds. The predicted octanol–water partition coefficient (Wildman–Crippen LogP) is 2.85. The fraction of sp³-hybridized carbons (Fsp3) is 0.364. The molecule has 0 saturated heterocycles. The molecule has 0 radical (unpaired) electrons. The van der Waals surface area contributed by atoms with Crippen LogP contribution in [0.4, 0.5) is 0 Å². The van der Waals surface area contributed by atoms with Crippen LogP contribution in [-0.2, 0) is 0 Å². The minimum absolute atomic E-state index is 0.469. The van der Waals surface area contributed by atoms with E-state index in [1.807, 2.05) is 0 Å². The fourth-order valence-corrected chi connectivity index (χ4v) is 1.84. The monoisotopic (exact) mass is 225 g/mol. The van der Waals surface area contributed by atoms with E-state index in [0.717, 1.165) is 5.56 Å². The highest BCUT2D eigenvalue weighted by molar-refractivity contribution is 6.33. The Morgan fingerprint density at radius 3 is 2.00 bits per heavy atom. The van der Waals surface area contributed by atoms with Crippen molar-refractivity contribution in [3.63, 3.8) is 0 Å². The van der Waals surface area contributed by atoms with E-state index in [1.54, 1.807) is 13.8 Å². The molecular formula is C11H12ClNO2. The van der Waals surface area contributed by atoms with Gasteiger partial charge in [0.25, 0.3) is 0 Å². The van der Waals surface area contributed by atoms with Gasteiger partial charge in [-0.2, -0.15) is 5.26 Å². The first-order chi connectivity index (χ1) is 7.08. The summed E-state index contributed by atoms with van der Waals surface area (Å²) >= 11 is 6.10. The molecular weight excluding hydrogens is 214 g/mol. The van der Waals surface area contributed by atoms with Crippen LogP contribution in [0.15, 0.2) is 0 Å². The molecule has 0 heterocycles. The van der Waals surface area contributed by atoms with Gasteiger partial charge in [-0.15, -0.1) is 0 Å². The van der Waals surface area contributed by atoms with Gasteiger partial charge in [0, 0.05) is 11.1 Å². The molecule has 0 atom stereocenters. The van der Waals surface area contributed by atoms with Crippen molar-refractivity contribution in [1.29, 1.82) is 5.26 Å². The molecule has 0 saturated carbocycles. The van der Waals surface area contributed by atoms with E-state index in [0.29, 0.717) is 27.6 Å². The first kappa shape index (κ1) is 11.7. The second-order valence-corrected chi connectivity index (χ2v) is 3.50. The van der Waals surface area contributed by atoms with Crippen LogP contribution in [0.25, 0.3) is 0 Å². The number of methoxy groups -OCH3 is 2. The van der Waals surface area contributed by atoms with E-state index in [1.165, 1.54) is 14.2 Å². The summed E-state index contributed by atoms with van der Waals surface area (Å²) in [6, 6.07) is 2.09. The van der Waals surface area contributed by atoms with Crippen LogP contribution in [0, 0.1) is 25.2 Å². The Balaban J connectivity index is 3.67. The SMILES string of the molecule is COc1c(C)c(C#N)c(OC)c(C)c1Cl. The molecule has 0 fully saturated rings. The van der Waals surface area contributed by atoms with E-state index < -0.39 is 0 Å². The van der Waals surface area contributed by atoms with Crippen LogP contribution in [-0.4, -0.2) is 14.2 Å². The minimum Gasteiger partial charge on any atom is -0.495 e. The molecule has 0 N–H and O–H groups in total. The van der Waals surface area contributed by atoms with Gasteiger partial charge >= 0.3 is 0 Å². The zero-order valence-electron chi connectivity index (χ0n) is 9.14. The minimum atomic E-state index is 0.469. The molecule has 0 aliphatic rings. The number of halogens is 1. The normalized spacial score (nSPS) is 9.60. The van der Waals surface area contributed by atoms with Crippen LogP contribution in [0.5, 0.6) is 11.5 Å². The largest absolute Gasteiger partial charge is 0.495 e. The Morgan fingerprint density at radius 1 is 1.07 bits per heavy atom. The Morgan fingerprint density at radius 2 is 1.60 bits per heavy atom. The summed E-state index contributed by atoms with van der Waals surface area (Å²) in [5, 5.41) is 9.53. The Hall–Kier alpha value is -1.40. The lowest BCUT2D eigenvalue weighted by atomic mass is 10.0. The van der Waals surface area contributed by atoms with Crippen molar-refractivity contribution >= 4 is 11.6 Å². The number of nitrogens with zero attached hydrogens (tertiary/aromatic N) is 1. The van der Waals surface area contributed by atoms with E-state index in [4.69, 9.17) is 26.3 Å². The molecule has 0 aliphatic heterocycles. The maximum absolute atomic E-state index is 9.04. The van der Waals surface area contributed by atoms with Gasteiger partial charge in [-0.1, -0.05) is 11.6 Å². The van der Waals surface area contributed by atoms with Crippen molar-refractivity contribution in [2.24, 2.45) is 0 Å². The molecule has 80 valence electrons. The number of hydrogen-bond donors (Lipinski definition) is 0. The fourth-order valence-electron chi connectivity index (χ4n) is 1.54. The van der Waals surface area contributed by atoms with Gasteiger partial charge in [-0.3, -0.25) is 0 Å².